The van der Waals surface area contributed by atoms with E-state index in [0.29, 0.717) is 19.0 Å². The van der Waals surface area contributed by atoms with Gasteiger partial charge >= 0.3 is 0 Å². The van der Waals surface area contributed by atoms with E-state index in [9.17, 15) is 4.79 Å². The maximum Gasteiger partial charge on any atom is 0.221 e. The lowest BCUT2D eigenvalue weighted by molar-refractivity contribution is -0.128. The summed E-state index contributed by atoms with van der Waals surface area (Å²) in [6, 6.07) is 0.331. The van der Waals surface area contributed by atoms with Gasteiger partial charge in [-0.1, -0.05) is 6.42 Å². The van der Waals surface area contributed by atoms with Gasteiger partial charge in [-0.3, -0.25) is 4.79 Å². The summed E-state index contributed by atoms with van der Waals surface area (Å²) in [7, 11) is 3.12. The first-order chi connectivity index (χ1) is 7.76. The standard InChI is InChI=1S/C11H22N2O3/c1-15-11(16-2)8-13-10(14)7-9-5-3-4-6-12-9/h9,11-12H,3-8H2,1-2H3,(H,13,14). The predicted molar refractivity (Wildman–Crippen MR) is 61.1 cm³/mol. The molecule has 1 amide bonds. The molecule has 2 N–H and O–H groups in total. The lowest BCUT2D eigenvalue weighted by Crippen LogP contribution is -2.41. The van der Waals surface area contributed by atoms with Crippen LogP contribution >= 0.6 is 0 Å². The molecule has 1 aliphatic heterocycles. The summed E-state index contributed by atoms with van der Waals surface area (Å²) in [6.07, 6.45) is 3.70. The van der Waals surface area contributed by atoms with E-state index in [-0.39, 0.29) is 12.2 Å². The van der Waals surface area contributed by atoms with Gasteiger partial charge in [-0.15, -0.1) is 0 Å². The minimum Gasteiger partial charge on any atom is -0.354 e. The smallest absolute Gasteiger partial charge is 0.221 e. The summed E-state index contributed by atoms with van der Waals surface area (Å²) in [5.41, 5.74) is 0. The average molecular weight is 230 g/mol. The molecule has 0 spiro atoms. The average Bonchev–Trinajstić information content (AvgIpc) is 2.31. The molecule has 16 heavy (non-hydrogen) atoms. The van der Waals surface area contributed by atoms with Crippen LogP contribution in [0.25, 0.3) is 0 Å². The van der Waals surface area contributed by atoms with E-state index in [1.54, 1.807) is 14.2 Å². The van der Waals surface area contributed by atoms with Gasteiger partial charge in [-0.05, 0) is 19.4 Å². The SMILES string of the molecule is COC(CNC(=O)CC1CCCCN1)OC. The van der Waals surface area contributed by atoms with Crippen LogP contribution in [0, 0.1) is 0 Å². The Hall–Kier alpha value is -0.650. The van der Waals surface area contributed by atoms with Crippen molar-refractivity contribution in [3.05, 3.63) is 0 Å². The highest BCUT2D eigenvalue weighted by atomic mass is 16.7. The zero-order valence-electron chi connectivity index (χ0n) is 10.1. The molecular formula is C11H22N2O3. The van der Waals surface area contributed by atoms with Crippen molar-refractivity contribution in [2.75, 3.05) is 27.3 Å². The van der Waals surface area contributed by atoms with Gasteiger partial charge in [0.25, 0.3) is 0 Å². The van der Waals surface area contributed by atoms with E-state index in [2.05, 4.69) is 10.6 Å². The first kappa shape index (κ1) is 13.4. The number of carbonyl (C=O) groups excluding carboxylic acids is 1. The van der Waals surface area contributed by atoms with Gasteiger partial charge < -0.3 is 20.1 Å². The first-order valence-electron chi connectivity index (χ1n) is 5.82. The molecule has 0 aromatic rings. The second-order valence-corrected chi connectivity index (χ2v) is 4.06. The molecule has 1 rings (SSSR count). The van der Waals surface area contributed by atoms with Crippen molar-refractivity contribution in [1.29, 1.82) is 0 Å². The zero-order chi connectivity index (χ0) is 11.8. The normalized spacial score (nSPS) is 21.1. The Morgan fingerprint density at radius 2 is 2.19 bits per heavy atom. The number of piperidine rings is 1. The first-order valence-corrected chi connectivity index (χ1v) is 5.82. The predicted octanol–water partition coefficient (Wildman–Crippen LogP) is 0.254. The number of nitrogens with one attached hydrogen (secondary N) is 2. The second-order valence-electron chi connectivity index (χ2n) is 4.06. The highest BCUT2D eigenvalue weighted by molar-refractivity contribution is 5.76. The fourth-order valence-corrected chi connectivity index (χ4v) is 1.85. The molecule has 0 aromatic carbocycles. The third-order valence-electron chi connectivity index (χ3n) is 2.84. The van der Waals surface area contributed by atoms with E-state index >= 15 is 0 Å². The van der Waals surface area contributed by atoms with Crippen LogP contribution in [0.1, 0.15) is 25.7 Å². The molecule has 1 aliphatic rings. The molecule has 5 heteroatoms. The highest BCUT2D eigenvalue weighted by Crippen LogP contribution is 2.09. The van der Waals surface area contributed by atoms with Gasteiger partial charge in [0.2, 0.25) is 5.91 Å². The number of ether oxygens (including phenoxy) is 2. The van der Waals surface area contributed by atoms with Crippen LogP contribution in [0.4, 0.5) is 0 Å². The summed E-state index contributed by atoms with van der Waals surface area (Å²) < 4.78 is 9.97. The monoisotopic (exact) mass is 230 g/mol. The van der Waals surface area contributed by atoms with Crippen molar-refractivity contribution >= 4 is 5.91 Å². The summed E-state index contributed by atoms with van der Waals surface area (Å²) in [6.45, 7) is 1.43. The van der Waals surface area contributed by atoms with Crippen molar-refractivity contribution in [1.82, 2.24) is 10.6 Å². The summed E-state index contributed by atoms with van der Waals surface area (Å²) in [4.78, 5) is 11.6. The Labute approximate surface area is 96.9 Å². The van der Waals surface area contributed by atoms with Gasteiger partial charge in [0.05, 0.1) is 6.54 Å². The topological polar surface area (TPSA) is 59.6 Å². The van der Waals surface area contributed by atoms with Crippen molar-refractivity contribution in [3.63, 3.8) is 0 Å². The van der Waals surface area contributed by atoms with Gasteiger partial charge in [0.15, 0.2) is 6.29 Å². The number of rotatable bonds is 6. The highest BCUT2D eigenvalue weighted by Gasteiger charge is 2.16. The largest absolute Gasteiger partial charge is 0.354 e. The van der Waals surface area contributed by atoms with E-state index in [1.807, 2.05) is 0 Å². The number of carbonyl (C=O) groups is 1. The van der Waals surface area contributed by atoms with E-state index in [1.165, 1.54) is 12.8 Å². The third-order valence-corrected chi connectivity index (χ3v) is 2.84. The summed E-state index contributed by atoms with van der Waals surface area (Å²) in [5.74, 6) is 0.0542. The molecule has 0 aromatic heterocycles. The molecule has 0 aliphatic carbocycles. The Balaban J connectivity index is 2.14. The van der Waals surface area contributed by atoms with Gasteiger partial charge in [-0.25, -0.2) is 0 Å². The maximum absolute atomic E-state index is 11.6. The summed E-state index contributed by atoms with van der Waals surface area (Å²) in [5, 5.41) is 6.15. The van der Waals surface area contributed by atoms with Crippen molar-refractivity contribution < 1.29 is 14.3 Å². The van der Waals surface area contributed by atoms with E-state index < -0.39 is 0 Å². The third kappa shape index (κ3) is 4.92. The lowest BCUT2D eigenvalue weighted by Gasteiger charge is -2.23. The molecule has 5 nitrogen and oxygen atoms in total. The number of methoxy groups -OCH3 is 2. The Morgan fingerprint density at radius 1 is 1.44 bits per heavy atom. The second kappa shape index (κ2) is 7.60. The Kier molecular flexibility index (Phi) is 6.37. The minimum absolute atomic E-state index is 0.0542. The van der Waals surface area contributed by atoms with Crippen LogP contribution in [0.5, 0.6) is 0 Å². The van der Waals surface area contributed by atoms with Crippen LogP contribution in [0.15, 0.2) is 0 Å². The van der Waals surface area contributed by atoms with Crippen LogP contribution < -0.4 is 10.6 Å². The molecule has 1 atom stereocenters. The molecule has 94 valence electrons. The van der Waals surface area contributed by atoms with E-state index in [0.717, 1.165) is 13.0 Å². The fraction of sp³-hybridized carbons (Fsp3) is 0.909. The van der Waals surface area contributed by atoms with Gasteiger partial charge in [-0.2, -0.15) is 0 Å². The molecule has 1 unspecified atom stereocenters. The summed E-state index contributed by atoms with van der Waals surface area (Å²) >= 11 is 0. The fourth-order valence-electron chi connectivity index (χ4n) is 1.85. The Bertz CT molecular complexity index is 201. The van der Waals surface area contributed by atoms with E-state index in [4.69, 9.17) is 9.47 Å². The molecule has 1 heterocycles. The Morgan fingerprint density at radius 3 is 2.75 bits per heavy atom. The van der Waals surface area contributed by atoms with Crippen molar-refractivity contribution in [2.24, 2.45) is 0 Å². The molecule has 0 bridgehead atoms. The van der Waals surface area contributed by atoms with Crippen LogP contribution in [0.2, 0.25) is 0 Å². The number of amides is 1. The van der Waals surface area contributed by atoms with Crippen LogP contribution in [-0.4, -0.2) is 45.5 Å². The van der Waals surface area contributed by atoms with Gasteiger partial charge in [0.1, 0.15) is 0 Å². The number of hydrogen-bond acceptors (Lipinski definition) is 4. The van der Waals surface area contributed by atoms with Crippen LogP contribution in [0.3, 0.4) is 0 Å². The van der Waals surface area contributed by atoms with Crippen molar-refractivity contribution in [2.45, 2.75) is 38.0 Å². The van der Waals surface area contributed by atoms with Gasteiger partial charge in [0, 0.05) is 26.7 Å². The maximum atomic E-state index is 11.6. The molecular weight excluding hydrogens is 208 g/mol. The quantitative estimate of drug-likeness (QED) is 0.642. The van der Waals surface area contributed by atoms with Crippen molar-refractivity contribution in [3.8, 4) is 0 Å². The molecule has 1 saturated heterocycles. The lowest BCUT2D eigenvalue weighted by atomic mass is 10.0. The molecule has 0 saturated carbocycles. The molecule has 1 fully saturated rings. The number of hydrogen-bond donors (Lipinski definition) is 2. The zero-order valence-corrected chi connectivity index (χ0v) is 10.1. The van der Waals surface area contributed by atoms with Crippen LogP contribution in [-0.2, 0) is 14.3 Å². The minimum atomic E-state index is -0.358. The molecule has 0 radical (unpaired) electrons.